The molecule has 3 rings (SSSR count). The molecule has 4 nitrogen and oxygen atoms in total. The zero-order valence-corrected chi connectivity index (χ0v) is 15.2. The van der Waals surface area contributed by atoms with Crippen LogP contribution in [-0.4, -0.2) is 5.11 Å². The SMILES string of the molecule is O=P(OCc1ccccc1)(OCc1ccccc1)[C@H](O)c1ccccc1. The van der Waals surface area contributed by atoms with Crippen LogP contribution in [0, 0.1) is 0 Å². The van der Waals surface area contributed by atoms with Gasteiger partial charge in [-0.05, 0) is 16.7 Å². The minimum Gasteiger partial charge on any atom is -0.376 e. The van der Waals surface area contributed by atoms with E-state index in [4.69, 9.17) is 9.05 Å². The first-order valence-corrected chi connectivity index (χ1v) is 9.98. The topological polar surface area (TPSA) is 55.8 Å². The third-order valence-electron chi connectivity index (χ3n) is 3.91. The Kier molecular flexibility index (Phi) is 6.37. The van der Waals surface area contributed by atoms with Crippen molar-refractivity contribution in [1.29, 1.82) is 0 Å². The lowest BCUT2D eigenvalue weighted by Gasteiger charge is -2.24. The molecule has 0 radical (unpaired) electrons. The number of rotatable bonds is 8. The summed E-state index contributed by atoms with van der Waals surface area (Å²) < 4.78 is 24.6. The molecule has 0 spiro atoms. The van der Waals surface area contributed by atoms with Gasteiger partial charge in [-0.25, -0.2) is 0 Å². The molecule has 0 bridgehead atoms. The van der Waals surface area contributed by atoms with Gasteiger partial charge in [0.05, 0.1) is 13.2 Å². The summed E-state index contributed by atoms with van der Waals surface area (Å²) in [5.74, 6) is -1.35. The average molecular weight is 368 g/mol. The van der Waals surface area contributed by atoms with E-state index < -0.39 is 13.4 Å². The van der Waals surface area contributed by atoms with Crippen molar-refractivity contribution in [3.8, 4) is 0 Å². The molecule has 1 N–H and O–H groups in total. The van der Waals surface area contributed by atoms with Gasteiger partial charge in [0.25, 0.3) is 0 Å². The Labute approximate surface area is 153 Å². The van der Waals surface area contributed by atoms with Gasteiger partial charge >= 0.3 is 7.60 Å². The zero-order chi connectivity index (χ0) is 18.2. The molecule has 3 aromatic carbocycles. The quantitative estimate of drug-likeness (QED) is 0.548. The van der Waals surface area contributed by atoms with Crippen LogP contribution in [0.2, 0.25) is 0 Å². The van der Waals surface area contributed by atoms with Crippen molar-refractivity contribution in [3.63, 3.8) is 0 Å². The van der Waals surface area contributed by atoms with Crippen LogP contribution in [0.3, 0.4) is 0 Å². The molecule has 1 atom stereocenters. The zero-order valence-electron chi connectivity index (χ0n) is 14.3. The standard InChI is InChI=1S/C21H21O4P/c22-21(20-14-8-3-9-15-20)26(23,24-16-18-10-4-1-5-11-18)25-17-19-12-6-2-7-13-19/h1-15,21-22H,16-17H2/t21-/m0/s1. The molecule has 0 aliphatic carbocycles. The summed E-state index contributed by atoms with van der Waals surface area (Å²) in [7, 11) is -3.81. The van der Waals surface area contributed by atoms with E-state index in [0.29, 0.717) is 5.56 Å². The largest absolute Gasteiger partial charge is 0.376 e. The number of aliphatic hydroxyl groups is 1. The fraction of sp³-hybridized carbons (Fsp3) is 0.143. The van der Waals surface area contributed by atoms with Crippen LogP contribution in [0.5, 0.6) is 0 Å². The number of hydrogen-bond donors (Lipinski definition) is 1. The van der Waals surface area contributed by atoms with Gasteiger partial charge in [-0.15, -0.1) is 0 Å². The van der Waals surface area contributed by atoms with Gasteiger partial charge < -0.3 is 14.2 Å². The lowest BCUT2D eigenvalue weighted by molar-refractivity contribution is 0.133. The molecular formula is C21H21O4P. The molecule has 0 unspecified atom stereocenters. The predicted octanol–water partition coefficient (Wildman–Crippen LogP) is 5.30. The molecule has 0 fully saturated rings. The van der Waals surface area contributed by atoms with E-state index in [-0.39, 0.29) is 13.2 Å². The van der Waals surface area contributed by atoms with E-state index in [1.54, 1.807) is 24.3 Å². The molecule has 0 aliphatic rings. The van der Waals surface area contributed by atoms with Gasteiger partial charge in [-0.3, -0.25) is 4.57 Å². The maximum absolute atomic E-state index is 13.4. The number of hydrogen-bond acceptors (Lipinski definition) is 4. The second-order valence-corrected chi connectivity index (χ2v) is 7.93. The van der Waals surface area contributed by atoms with Crippen molar-refractivity contribution in [1.82, 2.24) is 0 Å². The van der Waals surface area contributed by atoms with Crippen LogP contribution in [0.4, 0.5) is 0 Å². The first-order chi connectivity index (χ1) is 12.7. The monoisotopic (exact) mass is 368 g/mol. The van der Waals surface area contributed by atoms with E-state index in [9.17, 15) is 9.67 Å². The predicted molar refractivity (Wildman–Crippen MR) is 101 cm³/mol. The van der Waals surface area contributed by atoms with Gasteiger partial charge in [-0.2, -0.15) is 0 Å². The van der Waals surface area contributed by atoms with E-state index in [1.807, 2.05) is 66.7 Å². The molecule has 0 aliphatic heterocycles. The highest BCUT2D eigenvalue weighted by molar-refractivity contribution is 7.54. The first kappa shape index (κ1) is 18.6. The maximum atomic E-state index is 13.4. The minimum absolute atomic E-state index is 0.0940. The summed E-state index contributed by atoms with van der Waals surface area (Å²) in [6, 6.07) is 27.6. The van der Waals surface area contributed by atoms with Crippen LogP contribution < -0.4 is 0 Å². The molecule has 134 valence electrons. The second kappa shape index (κ2) is 8.93. The summed E-state index contributed by atoms with van der Waals surface area (Å²) in [6.07, 6.45) is 0. The van der Waals surface area contributed by atoms with Crippen LogP contribution in [0.25, 0.3) is 0 Å². The lowest BCUT2D eigenvalue weighted by atomic mass is 10.2. The van der Waals surface area contributed by atoms with Crippen LogP contribution >= 0.6 is 7.60 Å². The molecule has 3 aromatic rings. The molecule has 0 heterocycles. The highest BCUT2D eigenvalue weighted by atomic mass is 31.2. The molecular weight excluding hydrogens is 347 g/mol. The summed E-state index contributed by atoms with van der Waals surface area (Å²) in [5.41, 5.74) is 2.21. The van der Waals surface area contributed by atoms with E-state index >= 15 is 0 Å². The summed E-state index contributed by atoms with van der Waals surface area (Å²) >= 11 is 0. The molecule has 26 heavy (non-hydrogen) atoms. The lowest BCUT2D eigenvalue weighted by Crippen LogP contribution is -2.06. The summed E-state index contributed by atoms with van der Waals surface area (Å²) in [6.45, 7) is 0.188. The fourth-order valence-electron chi connectivity index (χ4n) is 2.46. The maximum Gasteiger partial charge on any atom is 0.364 e. The second-order valence-electron chi connectivity index (χ2n) is 5.84. The minimum atomic E-state index is -3.81. The Balaban J connectivity index is 1.78. The van der Waals surface area contributed by atoms with Gasteiger partial charge in [0, 0.05) is 0 Å². The van der Waals surface area contributed by atoms with E-state index in [1.165, 1.54) is 0 Å². The Morgan fingerprint density at radius 2 is 1.08 bits per heavy atom. The van der Waals surface area contributed by atoms with Gasteiger partial charge in [-0.1, -0.05) is 91.0 Å². The van der Waals surface area contributed by atoms with Crippen molar-refractivity contribution in [2.24, 2.45) is 0 Å². The Morgan fingerprint density at radius 1 is 0.692 bits per heavy atom. The molecule has 0 amide bonds. The Morgan fingerprint density at radius 3 is 1.50 bits per heavy atom. The van der Waals surface area contributed by atoms with Gasteiger partial charge in [0.1, 0.15) is 0 Å². The molecule has 5 heteroatoms. The van der Waals surface area contributed by atoms with Crippen LogP contribution in [0.15, 0.2) is 91.0 Å². The first-order valence-electron chi connectivity index (χ1n) is 8.37. The van der Waals surface area contributed by atoms with E-state index in [2.05, 4.69) is 0 Å². The average Bonchev–Trinajstić information content (AvgIpc) is 2.72. The van der Waals surface area contributed by atoms with Gasteiger partial charge in [0.2, 0.25) is 0 Å². The van der Waals surface area contributed by atoms with Crippen molar-refractivity contribution < 1.29 is 18.7 Å². The Hall–Kier alpha value is -2.23. The van der Waals surface area contributed by atoms with Crippen molar-refractivity contribution in [3.05, 3.63) is 108 Å². The van der Waals surface area contributed by atoms with E-state index in [0.717, 1.165) is 11.1 Å². The number of aliphatic hydroxyl groups excluding tert-OH is 1. The summed E-state index contributed by atoms with van der Waals surface area (Å²) in [4.78, 5) is 0. The number of benzene rings is 3. The molecule has 0 saturated carbocycles. The van der Waals surface area contributed by atoms with Gasteiger partial charge in [0.15, 0.2) is 5.85 Å². The fourth-order valence-corrected chi connectivity index (χ4v) is 4.02. The third-order valence-corrected chi connectivity index (χ3v) is 5.78. The smallest absolute Gasteiger partial charge is 0.364 e. The van der Waals surface area contributed by atoms with Crippen molar-refractivity contribution >= 4 is 7.60 Å². The normalized spacial score (nSPS) is 12.7. The molecule has 0 saturated heterocycles. The van der Waals surface area contributed by atoms with Crippen molar-refractivity contribution in [2.75, 3.05) is 0 Å². The van der Waals surface area contributed by atoms with Crippen molar-refractivity contribution in [2.45, 2.75) is 19.1 Å². The summed E-state index contributed by atoms with van der Waals surface area (Å²) in [5, 5.41) is 10.7. The van der Waals surface area contributed by atoms with Crippen LogP contribution in [0.1, 0.15) is 22.5 Å². The highest BCUT2D eigenvalue weighted by Crippen LogP contribution is 2.60. The Bertz CT molecular complexity index is 790. The highest BCUT2D eigenvalue weighted by Gasteiger charge is 2.36. The van der Waals surface area contributed by atoms with Crippen LogP contribution in [-0.2, 0) is 26.8 Å². The molecule has 0 aromatic heterocycles. The third kappa shape index (κ3) is 4.90.